The second kappa shape index (κ2) is 2.52. The molecule has 0 bridgehead atoms. The lowest BCUT2D eigenvalue weighted by molar-refractivity contribution is 0.518. The minimum Gasteiger partial charge on any atom is -0.167 e. The van der Waals surface area contributed by atoms with Crippen molar-refractivity contribution in [1.82, 2.24) is 0 Å². The van der Waals surface area contributed by atoms with Gasteiger partial charge in [-0.2, -0.15) is 11.1 Å². The van der Waals surface area contributed by atoms with Gasteiger partial charge in [0.25, 0.3) is 0 Å². The van der Waals surface area contributed by atoms with Gasteiger partial charge >= 0.3 is 0 Å². The van der Waals surface area contributed by atoms with E-state index in [0.717, 1.165) is 0 Å². The van der Waals surface area contributed by atoms with Crippen molar-refractivity contribution < 1.29 is 0 Å². The Hall–Kier alpha value is 0.507. The predicted molar refractivity (Wildman–Crippen MR) is 50.2 cm³/mol. The van der Waals surface area contributed by atoms with E-state index in [4.69, 9.17) is 11.1 Å². The lowest BCUT2D eigenvalue weighted by Crippen LogP contribution is -2.38. The third kappa shape index (κ3) is 1.40. The van der Waals surface area contributed by atoms with Crippen LogP contribution in [0.4, 0.5) is 0 Å². The van der Waals surface area contributed by atoms with Gasteiger partial charge in [-0.3, -0.25) is 0 Å². The van der Waals surface area contributed by atoms with E-state index in [1.54, 1.807) is 0 Å². The van der Waals surface area contributed by atoms with Crippen molar-refractivity contribution in [3.63, 3.8) is 0 Å². The van der Waals surface area contributed by atoms with E-state index in [2.05, 4.69) is 20.4 Å². The molecule has 0 spiro atoms. The lowest BCUT2D eigenvalue weighted by Gasteiger charge is -2.41. The molecule has 1 unspecified atom stereocenters. The van der Waals surface area contributed by atoms with E-state index in [1.165, 1.54) is 25.3 Å². The predicted octanol–water partition coefficient (Wildman–Crippen LogP) is 3.76. The summed E-state index contributed by atoms with van der Waals surface area (Å²) in [6.45, 7) is 6.99. The van der Waals surface area contributed by atoms with E-state index < -0.39 is 7.38 Å². The first-order valence-electron chi connectivity index (χ1n) is 4.15. The Kier molecular flexibility index (Phi) is 2.17. The average molecular weight is 177 g/mol. The van der Waals surface area contributed by atoms with Crippen molar-refractivity contribution in [2.24, 2.45) is 0 Å². The molecule has 1 heterocycles. The molecule has 1 rings (SSSR count). The van der Waals surface area contributed by atoms with Crippen molar-refractivity contribution in [2.75, 3.05) is 0 Å². The van der Waals surface area contributed by atoms with Gasteiger partial charge < -0.3 is 0 Å². The average Bonchev–Trinajstić information content (AvgIpc) is 1.77. The number of hydrogen-bond donors (Lipinski definition) is 0. The quantitative estimate of drug-likeness (QED) is 0.390. The van der Waals surface area contributed by atoms with Crippen LogP contribution >= 0.6 is 11.1 Å². The summed E-state index contributed by atoms with van der Waals surface area (Å²) >= 11 is 6.50. The summed E-state index contributed by atoms with van der Waals surface area (Å²) < 4.78 is 0. The smallest absolute Gasteiger partial charge is 0.159 e. The Labute approximate surface area is 69.7 Å². The van der Waals surface area contributed by atoms with E-state index >= 15 is 0 Å². The summed E-state index contributed by atoms with van der Waals surface area (Å²) in [7, 11) is -1.35. The lowest BCUT2D eigenvalue weighted by atomic mass is 10.1. The van der Waals surface area contributed by atoms with Crippen LogP contribution in [-0.2, 0) is 0 Å². The topological polar surface area (TPSA) is 0 Å². The molecular weight excluding hydrogens is 160 g/mol. The highest BCUT2D eigenvalue weighted by molar-refractivity contribution is 7.21. The molecule has 0 aliphatic carbocycles. The van der Waals surface area contributed by atoms with Crippen molar-refractivity contribution in [2.45, 2.75) is 50.7 Å². The Morgan fingerprint density at radius 2 is 1.90 bits per heavy atom. The third-order valence-electron chi connectivity index (χ3n) is 3.11. The summed E-state index contributed by atoms with van der Waals surface area (Å²) in [5.74, 6) is 0. The van der Waals surface area contributed by atoms with Crippen molar-refractivity contribution in [1.29, 1.82) is 0 Å². The fourth-order valence-electron chi connectivity index (χ4n) is 1.62. The van der Waals surface area contributed by atoms with E-state index in [0.29, 0.717) is 5.04 Å². The van der Waals surface area contributed by atoms with Crippen LogP contribution < -0.4 is 0 Å². The van der Waals surface area contributed by atoms with Gasteiger partial charge in [0.15, 0.2) is 7.38 Å². The van der Waals surface area contributed by atoms with Crippen LogP contribution in [0, 0.1) is 0 Å². The molecule has 1 aliphatic heterocycles. The highest BCUT2D eigenvalue weighted by Crippen LogP contribution is 2.50. The van der Waals surface area contributed by atoms with Crippen LogP contribution in [-0.4, -0.2) is 7.38 Å². The molecule has 2 heteroatoms. The number of hydrogen-bond acceptors (Lipinski definition) is 0. The van der Waals surface area contributed by atoms with E-state index in [9.17, 15) is 0 Å². The molecule has 0 N–H and O–H groups in total. The minimum atomic E-state index is -1.35. The minimum absolute atomic E-state index is 0.479. The zero-order valence-electron chi connectivity index (χ0n) is 7.21. The number of halogens is 1. The van der Waals surface area contributed by atoms with Crippen LogP contribution in [0.1, 0.15) is 33.1 Å². The van der Waals surface area contributed by atoms with Gasteiger partial charge in [0.05, 0.1) is 0 Å². The second-order valence-corrected chi connectivity index (χ2v) is 11.0. The van der Waals surface area contributed by atoms with Gasteiger partial charge in [0.1, 0.15) is 0 Å². The maximum atomic E-state index is 6.50. The summed E-state index contributed by atoms with van der Waals surface area (Å²) in [6.07, 6.45) is 4.11. The summed E-state index contributed by atoms with van der Waals surface area (Å²) in [5, 5.41) is 0.479. The van der Waals surface area contributed by atoms with Crippen LogP contribution in [0.15, 0.2) is 0 Å². The Morgan fingerprint density at radius 1 is 1.30 bits per heavy atom. The highest BCUT2D eigenvalue weighted by Gasteiger charge is 2.43. The molecule has 0 amide bonds. The SMILES string of the molecule is CC1(C)CCCC[Si]1(C)Cl. The molecule has 0 saturated carbocycles. The van der Waals surface area contributed by atoms with Crippen LogP contribution in [0.25, 0.3) is 0 Å². The van der Waals surface area contributed by atoms with E-state index in [-0.39, 0.29) is 0 Å². The van der Waals surface area contributed by atoms with Crippen LogP contribution in [0.2, 0.25) is 17.6 Å². The molecule has 0 aromatic carbocycles. The fourth-order valence-corrected chi connectivity index (χ4v) is 4.60. The van der Waals surface area contributed by atoms with Gasteiger partial charge in [0.2, 0.25) is 0 Å². The Balaban J connectivity index is 2.70. The molecule has 1 fully saturated rings. The van der Waals surface area contributed by atoms with Crippen molar-refractivity contribution in [3.8, 4) is 0 Å². The van der Waals surface area contributed by atoms with Crippen molar-refractivity contribution in [3.05, 3.63) is 0 Å². The Bertz CT molecular complexity index is 113. The van der Waals surface area contributed by atoms with Gasteiger partial charge in [-0.05, 0) is 17.5 Å². The van der Waals surface area contributed by atoms with Gasteiger partial charge in [-0.1, -0.05) is 33.2 Å². The van der Waals surface area contributed by atoms with Gasteiger partial charge in [-0.15, -0.1) is 0 Å². The summed E-state index contributed by atoms with van der Waals surface area (Å²) in [6, 6.07) is 1.32. The fraction of sp³-hybridized carbons (Fsp3) is 1.00. The first kappa shape index (κ1) is 8.60. The maximum Gasteiger partial charge on any atom is 0.159 e. The Morgan fingerprint density at radius 3 is 2.20 bits per heavy atom. The van der Waals surface area contributed by atoms with E-state index in [1.807, 2.05) is 0 Å². The standard InChI is InChI=1S/C8H17ClSi/c1-8(2)6-4-5-7-10(8,3)9/h4-7H2,1-3H3. The largest absolute Gasteiger partial charge is 0.167 e. The van der Waals surface area contributed by atoms with Crippen LogP contribution in [0.5, 0.6) is 0 Å². The van der Waals surface area contributed by atoms with Gasteiger partial charge in [-0.25, -0.2) is 0 Å². The monoisotopic (exact) mass is 176 g/mol. The molecule has 1 atom stereocenters. The molecule has 60 valence electrons. The molecule has 0 nitrogen and oxygen atoms in total. The van der Waals surface area contributed by atoms with Crippen LogP contribution in [0.3, 0.4) is 0 Å². The molecular formula is C8H17ClSi. The molecule has 0 radical (unpaired) electrons. The highest BCUT2D eigenvalue weighted by atomic mass is 35.6. The zero-order valence-corrected chi connectivity index (χ0v) is 8.96. The zero-order chi connectivity index (χ0) is 7.83. The van der Waals surface area contributed by atoms with Crippen molar-refractivity contribution >= 4 is 18.5 Å². The summed E-state index contributed by atoms with van der Waals surface area (Å²) in [4.78, 5) is 0. The molecule has 0 aromatic rings. The maximum absolute atomic E-state index is 6.50. The molecule has 1 aliphatic rings. The first-order valence-corrected chi connectivity index (χ1v) is 7.87. The first-order chi connectivity index (χ1) is 4.46. The second-order valence-electron chi connectivity index (χ2n) is 4.29. The summed E-state index contributed by atoms with van der Waals surface area (Å²) in [5.41, 5.74) is 0. The van der Waals surface area contributed by atoms with Gasteiger partial charge in [0, 0.05) is 0 Å². The molecule has 0 aromatic heterocycles. The normalized spacial score (nSPS) is 39.6. The third-order valence-corrected chi connectivity index (χ3v) is 9.58. The number of rotatable bonds is 0. The molecule has 10 heavy (non-hydrogen) atoms. The molecule has 1 saturated heterocycles.